The van der Waals surface area contributed by atoms with Crippen LogP contribution in [0.2, 0.25) is 0 Å². The Kier molecular flexibility index (Phi) is 5.15. The fraction of sp³-hybridized carbons (Fsp3) is 0.562. The van der Waals surface area contributed by atoms with Crippen molar-refractivity contribution < 1.29 is 9.53 Å². The number of benzene rings is 1. The highest BCUT2D eigenvalue weighted by atomic mass is 16.5. The van der Waals surface area contributed by atoms with Gasteiger partial charge in [-0.3, -0.25) is 4.79 Å². The van der Waals surface area contributed by atoms with Gasteiger partial charge in [-0.25, -0.2) is 0 Å². The summed E-state index contributed by atoms with van der Waals surface area (Å²) < 4.78 is 5.43. The number of carbonyl (C=O) groups excluding carboxylic acids is 1. The van der Waals surface area contributed by atoms with Crippen LogP contribution in [0.5, 0.6) is 0 Å². The van der Waals surface area contributed by atoms with Gasteiger partial charge in [-0.1, -0.05) is 19.1 Å². The smallest absolute Gasteiger partial charge is 0.229 e. The summed E-state index contributed by atoms with van der Waals surface area (Å²) in [5, 5.41) is 6.33. The lowest BCUT2D eigenvalue weighted by Crippen LogP contribution is -2.23. The van der Waals surface area contributed by atoms with E-state index in [2.05, 4.69) is 36.6 Å². The van der Waals surface area contributed by atoms with Gasteiger partial charge in [-0.05, 0) is 44.5 Å². The third-order valence-corrected chi connectivity index (χ3v) is 3.76. The van der Waals surface area contributed by atoms with Crippen LogP contribution in [0.4, 0.5) is 5.69 Å². The molecule has 4 nitrogen and oxygen atoms in total. The molecule has 1 aromatic rings. The average Bonchev–Trinajstić information content (AvgIpc) is 2.86. The van der Waals surface area contributed by atoms with Crippen molar-refractivity contribution in [2.75, 3.05) is 18.5 Å². The van der Waals surface area contributed by atoms with Crippen molar-refractivity contribution in [2.24, 2.45) is 5.92 Å². The lowest BCUT2D eigenvalue weighted by atomic mass is 10.0. The van der Waals surface area contributed by atoms with Crippen LogP contribution in [0, 0.1) is 5.92 Å². The maximum atomic E-state index is 12.1. The van der Waals surface area contributed by atoms with Gasteiger partial charge in [0.15, 0.2) is 0 Å². The molecule has 2 N–H and O–H groups in total. The zero-order valence-corrected chi connectivity index (χ0v) is 12.5. The van der Waals surface area contributed by atoms with E-state index in [0.717, 1.165) is 18.7 Å². The highest BCUT2D eigenvalue weighted by Crippen LogP contribution is 2.21. The second-order valence-corrected chi connectivity index (χ2v) is 5.47. The van der Waals surface area contributed by atoms with Gasteiger partial charge in [0.2, 0.25) is 5.91 Å². The zero-order valence-electron chi connectivity index (χ0n) is 12.5. The predicted octanol–water partition coefficient (Wildman–Crippen LogP) is 2.72. The Bertz CT molecular complexity index is 444. The lowest BCUT2D eigenvalue weighted by molar-refractivity contribution is -0.119. The zero-order chi connectivity index (χ0) is 14.5. The standard InChI is InChI=1S/C16H24N2O2/c1-4-17-12(3)13-5-7-15(8-6-13)18-16(19)14-9-11(2)20-10-14/h5-8,11-12,14,17H,4,9-10H2,1-3H3,(H,18,19). The van der Waals surface area contributed by atoms with Crippen LogP contribution in [0.1, 0.15) is 38.8 Å². The molecular formula is C16H24N2O2. The maximum Gasteiger partial charge on any atom is 0.229 e. The van der Waals surface area contributed by atoms with Gasteiger partial charge < -0.3 is 15.4 Å². The first-order chi connectivity index (χ1) is 9.60. The highest BCUT2D eigenvalue weighted by molar-refractivity contribution is 5.92. The van der Waals surface area contributed by atoms with Crippen molar-refractivity contribution in [1.29, 1.82) is 0 Å². The minimum Gasteiger partial charge on any atom is -0.378 e. The first-order valence-corrected chi connectivity index (χ1v) is 7.36. The molecule has 1 aromatic carbocycles. The number of carbonyl (C=O) groups is 1. The molecule has 0 radical (unpaired) electrons. The second-order valence-electron chi connectivity index (χ2n) is 5.47. The number of anilines is 1. The minimum atomic E-state index is -0.0228. The van der Waals surface area contributed by atoms with E-state index in [-0.39, 0.29) is 17.9 Å². The second kappa shape index (κ2) is 6.86. The van der Waals surface area contributed by atoms with Crippen LogP contribution in [0.15, 0.2) is 24.3 Å². The molecule has 110 valence electrons. The first kappa shape index (κ1) is 15.0. The van der Waals surface area contributed by atoms with Gasteiger partial charge >= 0.3 is 0 Å². The summed E-state index contributed by atoms with van der Waals surface area (Å²) in [6, 6.07) is 8.35. The molecule has 0 aliphatic carbocycles. The molecule has 3 atom stereocenters. The summed E-state index contributed by atoms with van der Waals surface area (Å²) in [6.45, 7) is 7.70. The quantitative estimate of drug-likeness (QED) is 0.869. The molecule has 1 heterocycles. The molecule has 1 fully saturated rings. The monoisotopic (exact) mass is 276 g/mol. The van der Waals surface area contributed by atoms with Gasteiger partial charge in [0.1, 0.15) is 0 Å². The molecule has 1 aliphatic heterocycles. The summed E-state index contributed by atoms with van der Waals surface area (Å²) in [4.78, 5) is 12.1. The Morgan fingerprint density at radius 2 is 2.10 bits per heavy atom. The largest absolute Gasteiger partial charge is 0.378 e. The van der Waals surface area contributed by atoms with Crippen LogP contribution in [-0.2, 0) is 9.53 Å². The normalized spacial score (nSPS) is 23.6. The van der Waals surface area contributed by atoms with Crippen LogP contribution in [0.3, 0.4) is 0 Å². The Hall–Kier alpha value is -1.39. The highest BCUT2D eigenvalue weighted by Gasteiger charge is 2.28. The number of hydrogen-bond donors (Lipinski definition) is 2. The van der Waals surface area contributed by atoms with E-state index in [1.165, 1.54) is 5.56 Å². The van der Waals surface area contributed by atoms with Gasteiger partial charge in [-0.15, -0.1) is 0 Å². The Morgan fingerprint density at radius 3 is 2.65 bits per heavy atom. The van der Waals surface area contributed by atoms with Crippen LogP contribution >= 0.6 is 0 Å². The van der Waals surface area contributed by atoms with Crippen LogP contribution < -0.4 is 10.6 Å². The van der Waals surface area contributed by atoms with E-state index < -0.39 is 0 Å². The van der Waals surface area contributed by atoms with Crippen LogP contribution in [-0.4, -0.2) is 25.2 Å². The van der Waals surface area contributed by atoms with Crippen molar-refractivity contribution >= 4 is 11.6 Å². The van der Waals surface area contributed by atoms with E-state index >= 15 is 0 Å². The van der Waals surface area contributed by atoms with Gasteiger partial charge in [-0.2, -0.15) is 0 Å². The summed E-state index contributed by atoms with van der Waals surface area (Å²) in [5.41, 5.74) is 2.07. The predicted molar refractivity (Wildman–Crippen MR) is 80.7 cm³/mol. The average molecular weight is 276 g/mol. The summed E-state index contributed by atoms with van der Waals surface area (Å²) in [5.74, 6) is 0.0344. The summed E-state index contributed by atoms with van der Waals surface area (Å²) in [7, 11) is 0. The number of amides is 1. The number of nitrogens with one attached hydrogen (secondary N) is 2. The molecule has 0 saturated carbocycles. The molecule has 0 aromatic heterocycles. The van der Waals surface area contributed by atoms with Crippen molar-refractivity contribution in [1.82, 2.24) is 5.32 Å². The lowest BCUT2D eigenvalue weighted by Gasteiger charge is -2.14. The summed E-state index contributed by atoms with van der Waals surface area (Å²) >= 11 is 0. The first-order valence-electron chi connectivity index (χ1n) is 7.36. The number of hydrogen-bond acceptors (Lipinski definition) is 3. The Balaban J connectivity index is 1.92. The molecule has 1 amide bonds. The van der Waals surface area contributed by atoms with E-state index in [1.807, 2.05) is 19.1 Å². The van der Waals surface area contributed by atoms with E-state index in [1.54, 1.807) is 0 Å². The maximum absolute atomic E-state index is 12.1. The fourth-order valence-electron chi connectivity index (χ4n) is 2.52. The third-order valence-electron chi connectivity index (χ3n) is 3.76. The summed E-state index contributed by atoms with van der Waals surface area (Å²) in [6.07, 6.45) is 0.996. The Morgan fingerprint density at radius 1 is 1.40 bits per heavy atom. The molecule has 0 bridgehead atoms. The molecular weight excluding hydrogens is 252 g/mol. The number of rotatable bonds is 5. The topological polar surface area (TPSA) is 50.4 Å². The molecule has 1 saturated heterocycles. The van der Waals surface area contributed by atoms with E-state index in [9.17, 15) is 4.79 Å². The molecule has 4 heteroatoms. The van der Waals surface area contributed by atoms with Crippen molar-refractivity contribution in [3.05, 3.63) is 29.8 Å². The molecule has 2 rings (SSSR count). The van der Waals surface area contributed by atoms with Crippen molar-refractivity contribution in [3.8, 4) is 0 Å². The van der Waals surface area contributed by atoms with E-state index in [0.29, 0.717) is 12.6 Å². The van der Waals surface area contributed by atoms with E-state index in [4.69, 9.17) is 4.74 Å². The van der Waals surface area contributed by atoms with Crippen molar-refractivity contribution in [2.45, 2.75) is 39.3 Å². The third kappa shape index (κ3) is 3.81. The van der Waals surface area contributed by atoms with Gasteiger partial charge in [0, 0.05) is 11.7 Å². The van der Waals surface area contributed by atoms with Crippen LogP contribution in [0.25, 0.3) is 0 Å². The van der Waals surface area contributed by atoms with Gasteiger partial charge in [0.25, 0.3) is 0 Å². The molecule has 20 heavy (non-hydrogen) atoms. The molecule has 3 unspecified atom stereocenters. The van der Waals surface area contributed by atoms with Gasteiger partial charge in [0.05, 0.1) is 18.6 Å². The Labute approximate surface area is 120 Å². The van der Waals surface area contributed by atoms with Crippen molar-refractivity contribution in [3.63, 3.8) is 0 Å². The number of ether oxygens (including phenoxy) is 1. The molecule has 0 spiro atoms. The fourth-order valence-corrected chi connectivity index (χ4v) is 2.52. The molecule has 1 aliphatic rings. The SMILES string of the molecule is CCNC(C)c1ccc(NC(=O)C2COC(C)C2)cc1. The minimum absolute atomic E-state index is 0.0228.